The Labute approximate surface area is 223 Å². The van der Waals surface area contributed by atoms with Crippen LogP contribution in [0.2, 0.25) is 0 Å². The SMILES string of the molecule is O=C(CSc1nnc(-n2nnc3ccccc32)n1-c1ccccc1)NC(c1ccccc1)c1ccccc1. The summed E-state index contributed by atoms with van der Waals surface area (Å²) >= 11 is 1.32. The summed E-state index contributed by atoms with van der Waals surface area (Å²) in [6, 6.07) is 37.1. The van der Waals surface area contributed by atoms with Crippen LogP contribution in [0, 0.1) is 0 Å². The molecule has 0 radical (unpaired) electrons. The number of carbonyl (C=O) groups excluding carboxylic acids is 1. The molecule has 2 heterocycles. The van der Waals surface area contributed by atoms with Crippen LogP contribution >= 0.6 is 11.8 Å². The molecule has 38 heavy (non-hydrogen) atoms. The van der Waals surface area contributed by atoms with E-state index in [9.17, 15) is 4.79 Å². The number of hydrogen-bond acceptors (Lipinski definition) is 6. The van der Waals surface area contributed by atoms with Crippen molar-refractivity contribution in [3.63, 3.8) is 0 Å². The fourth-order valence-electron chi connectivity index (χ4n) is 4.30. The molecule has 1 amide bonds. The highest BCUT2D eigenvalue weighted by atomic mass is 32.2. The van der Waals surface area contributed by atoms with Crippen LogP contribution in [0.1, 0.15) is 17.2 Å². The van der Waals surface area contributed by atoms with Gasteiger partial charge in [0.1, 0.15) is 5.52 Å². The Morgan fingerprint density at radius 1 is 0.737 bits per heavy atom. The van der Waals surface area contributed by atoms with E-state index in [1.807, 2.05) is 120 Å². The molecule has 0 spiro atoms. The van der Waals surface area contributed by atoms with Gasteiger partial charge in [-0.2, -0.15) is 4.68 Å². The number of carbonyl (C=O) groups is 1. The third-order valence-corrected chi connectivity index (χ3v) is 7.00. The van der Waals surface area contributed by atoms with Crippen molar-refractivity contribution in [2.75, 3.05) is 5.75 Å². The second-order valence-corrected chi connectivity index (χ2v) is 9.50. The van der Waals surface area contributed by atoms with Gasteiger partial charge >= 0.3 is 0 Å². The van der Waals surface area contributed by atoms with Gasteiger partial charge in [-0.05, 0) is 35.4 Å². The first-order valence-electron chi connectivity index (χ1n) is 12.1. The maximum Gasteiger partial charge on any atom is 0.259 e. The molecule has 0 saturated heterocycles. The number of thioether (sulfide) groups is 1. The van der Waals surface area contributed by atoms with Crippen molar-refractivity contribution >= 4 is 28.7 Å². The first-order chi connectivity index (χ1) is 18.8. The number of hydrogen-bond donors (Lipinski definition) is 1. The number of benzene rings is 4. The fraction of sp³-hybridized carbons (Fsp3) is 0.0690. The molecule has 6 aromatic rings. The molecule has 0 bridgehead atoms. The molecule has 1 N–H and O–H groups in total. The van der Waals surface area contributed by atoms with E-state index in [1.54, 1.807) is 4.68 Å². The summed E-state index contributed by atoms with van der Waals surface area (Å²) in [5.74, 6) is 0.557. The first kappa shape index (κ1) is 23.6. The predicted molar refractivity (Wildman–Crippen MR) is 147 cm³/mol. The third-order valence-electron chi connectivity index (χ3n) is 6.08. The highest BCUT2D eigenvalue weighted by Gasteiger charge is 2.21. The van der Waals surface area contributed by atoms with E-state index in [2.05, 4.69) is 25.8 Å². The summed E-state index contributed by atoms with van der Waals surface area (Å²) in [6.07, 6.45) is 0. The third kappa shape index (κ3) is 4.79. The lowest BCUT2D eigenvalue weighted by Crippen LogP contribution is -2.30. The van der Waals surface area contributed by atoms with Gasteiger partial charge in [0.05, 0.1) is 23.0 Å². The van der Waals surface area contributed by atoms with Crippen molar-refractivity contribution in [3.8, 4) is 11.6 Å². The fourth-order valence-corrected chi connectivity index (χ4v) is 5.05. The molecule has 2 aromatic heterocycles. The number of fused-ring (bicyclic) bond motifs is 1. The number of rotatable bonds is 8. The van der Waals surface area contributed by atoms with E-state index in [0.29, 0.717) is 11.1 Å². The standard InChI is InChI=1S/C29H23N7OS/c37-26(30-27(21-12-4-1-5-13-21)22-14-6-2-7-15-22)20-38-29-33-32-28(35(29)23-16-8-3-9-17-23)36-25-19-11-10-18-24(25)31-34-36/h1-19,27H,20H2,(H,30,37). The van der Waals surface area contributed by atoms with Crippen molar-refractivity contribution in [2.45, 2.75) is 11.2 Å². The Morgan fingerprint density at radius 3 is 2.03 bits per heavy atom. The van der Waals surface area contributed by atoms with Gasteiger partial charge < -0.3 is 5.32 Å². The summed E-state index contributed by atoms with van der Waals surface area (Å²) < 4.78 is 3.56. The van der Waals surface area contributed by atoms with Crippen molar-refractivity contribution in [2.24, 2.45) is 0 Å². The van der Waals surface area contributed by atoms with Crippen molar-refractivity contribution < 1.29 is 4.79 Å². The topological polar surface area (TPSA) is 90.5 Å². The monoisotopic (exact) mass is 517 g/mol. The minimum atomic E-state index is -0.255. The van der Waals surface area contributed by atoms with E-state index in [-0.39, 0.29) is 17.7 Å². The van der Waals surface area contributed by atoms with E-state index >= 15 is 0 Å². The Balaban J connectivity index is 1.28. The van der Waals surface area contributed by atoms with Crippen LogP contribution in [-0.2, 0) is 4.79 Å². The van der Waals surface area contributed by atoms with Gasteiger partial charge in [-0.15, -0.1) is 15.3 Å². The van der Waals surface area contributed by atoms with E-state index in [1.165, 1.54) is 11.8 Å². The van der Waals surface area contributed by atoms with Crippen LogP contribution < -0.4 is 5.32 Å². The minimum Gasteiger partial charge on any atom is -0.344 e. The highest BCUT2D eigenvalue weighted by Crippen LogP contribution is 2.26. The maximum absolute atomic E-state index is 13.2. The Kier molecular flexibility index (Phi) is 6.65. The predicted octanol–water partition coefficient (Wildman–Crippen LogP) is 5.00. The highest BCUT2D eigenvalue weighted by molar-refractivity contribution is 7.99. The number of aromatic nitrogens is 6. The van der Waals surface area contributed by atoms with Gasteiger partial charge in [0, 0.05) is 0 Å². The average molecular weight is 518 g/mol. The van der Waals surface area contributed by atoms with Crippen LogP contribution in [-0.4, -0.2) is 41.4 Å². The summed E-state index contributed by atoms with van der Waals surface area (Å²) in [5, 5.41) is 21.2. The van der Waals surface area contributed by atoms with E-state index in [0.717, 1.165) is 27.8 Å². The van der Waals surface area contributed by atoms with Gasteiger partial charge in [0.15, 0.2) is 5.16 Å². The maximum atomic E-state index is 13.2. The molecule has 6 rings (SSSR count). The molecule has 0 saturated carbocycles. The normalized spacial score (nSPS) is 11.2. The van der Waals surface area contributed by atoms with Gasteiger partial charge in [-0.1, -0.05) is 108 Å². The lowest BCUT2D eigenvalue weighted by molar-refractivity contribution is -0.119. The molecule has 0 aliphatic rings. The second kappa shape index (κ2) is 10.7. The van der Waals surface area contributed by atoms with Crippen molar-refractivity contribution in [3.05, 3.63) is 126 Å². The Bertz CT molecular complexity index is 1630. The van der Waals surface area contributed by atoms with Crippen LogP contribution in [0.3, 0.4) is 0 Å². The van der Waals surface area contributed by atoms with Crippen LogP contribution in [0.4, 0.5) is 0 Å². The molecule has 0 aliphatic carbocycles. The van der Waals surface area contributed by atoms with E-state index < -0.39 is 0 Å². The molecule has 186 valence electrons. The van der Waals surface area contributed by atoms with E-state index in [4.69, 9.17) is 0 Å². The zero-order valence-electron chi connectivity index (χ0n) is 20.3. The first-order valence-corrected chi connectivity index (χ1v) is 13.1. The summed E-state index contributed by atoms with van der Waals surface area (Å²) in [7, 11) is 0. The zero-order chi connectivity index (χ0) is 25.7. The number of amides is 1. The van der Waals surface area contributed by atoms with Gasteiger partial charge in [-0.25, -0.2) is 0 Å². The van der Waals surface area contributed by atoms with Gasteiger partial charge in [0.2, 0.25) is 5.91 Å². The molecular weight excluding hydrogens is 494 g/mol. The van der Waals surface area contributed by atoms with Gasteiger partial charge in [-0.3, -0.25) is 9.36 Å². The van der Waals surface area contributed by atoms with Crippen molar-refractivity contribution in [1.29, 1.82) is 0 Å². The summed E-state index contributed by atoms with van der Waals surface area (Å²) in [5.41, 5.74) is 4.48. The minimum absolute atomic E-state index is 0.108. The van der Waals surface area contributed by atoms with Crippen LogP contribution in [0.25, 0.3) is 22.7 Å². The molecule has 0 unspecified atom stereocenters. The molecule has 0 aliphatic heterocycles. The zero-order valence-corrected chi connectivity index (χ0v) is 21.1. The number of nitrogens with one attached hydrogen (secondary N) is 1. The van der Waals surface area contributed by atoms with Gasteiger partial charge in [0.25, 0.3) is 5.95 Å². The Hall–Kier alpha value is -4.76. The molecule has 0 atom stereocenters. The average Bonchev–Trinajstić information content (AvgIpc) is 3.60. The molecule has 8 nitrogen and oxygen atoms in total. The number of para-hydroxylation sites is 2. The van der Waals surface area contributed by atoms with Crippen LogP contribution in [0.15, 0.2) is 120 Å². The molecule has 4 aromatic carbocycles. The Morgan fingerprint density at radius 2 is 1.34 bits per heavy atom. The molecule has 0 fully saturated rings. The summed E-state index contributed by atoms with van der Waals surface area (Å²) in [4.78, 5) is 13.2. The lowest BCUT2D eigenvalue weighted by atomic mass is 9.99. The summed E-state index contributed by atoms with van der Waals surface area (Å²) in [6.45, 7) is 0. The molecule has 9 heteroatoms. The van der Waals surface area contributed by atoms with Crippen LogP contribution in [0.5, 0.6) is 0 Å². The number of nitrogens with zero attached hydrogens (tertiary/aromatic N) is 6. The van der Waals surface area contributed by atoms with Crippen molar-refractivity contribution in [1.82, 2.24) is 35.1 Å². The lowest BCUT2D eigenvalue weighted by Gasteiger charge is -2.20. The quantitative estimate of drug-likeness (QED) is 0.286. The smallest absolute Gasteiger partial charge is 0.259 e. The largest absolute Gasteiger partial charge is 0.344 e. The molecular formula is C29H23N7OS. The second-order valence-electron chi connectivity index (χ2n) is 8.55.